The summed E-state index contributed by atoms with van der Waals surface area (Å²) in [6.45, 7) is 4.31. The summed E-state index contributed by atoms with van der Waals surface area (Å²) in [5, 5.41) is 8.85. The topological polar surface area (TPSA) is 172 Å². The Morgan fingerprint density at radius 2 is 1.04 bits per heavy atom. The largest absolute Gasteiger partial charge is 0.480 e. The van der Waals surface area contributed by atoms with Crippen molar-refractivity contribution in [3.63, 3.8) is 0 Å². The number of phosphoric ester groups is 1. The van der Waals surface area contributed by atoms with E-state index in [9.17, 15) is 23.8 Å². The normalized spacial score (nSPS) is 13.7. The fraction of sp³-hybridized carbons (Fsp3) is 0.868. The molecule has 0 amide bonds. The lowest BCUT2D eigenvalue weighted by atomic mass is 10.0. The van der Waals surface area contributed by atoms with Crippen molar-refractivity contribution < 1.29 is 47.5 Å². The number of rotatable bonds is 38. The highest BCUT2D eigenvalue weighted by molar-refractivity contribution is 7.47. The number of carboxylic acid groups (broad SMARTS) is 1. The SMILES string of the molecule is C=CCCCCCCCCCCCCCCCC(=O)OC[C@H](COP(=O)(O)OC[C@H](N)C(=O)O)OC(=O)CCCCCCCCCCCCC. The van der Waals surface area contributed by atoms with Gasteiger partial charge in [-0.3, -0.25) is 23.4 Å². The molecule has 12 heteroatoms. The number of ether oxygens (including phenoxy) is 2. The van der Waals surface area contributed by atoms with Gasteiger partial charge in [-0.15, -0.1) is 6.58 Å². The fourth-order valence-electron chi connectivity index (χ4n) is 5.52. The molecule has 0 aliphatic carbocycles. The van der Waals surface area contributed by atoms with Gasteiger partial charge in [-0.05, 0) is 25.7 Å². The average Bonchev–Trinajstić information content (AvgIpc) is 3.09. The van der Waals surface area contributed by atoms with Gasteiger partial charge >= 0.3 is 25.7 Å². The predicted molar refractivity (Wildman–Crippen MR) is 199 cm³/mol. The van der Waals surface area contributed by atoms with Crippen LogP contribution in [0.3, 0.4) is 0 Å². The Bertz CT molecular complexity index is 903. The minimum absolute atomic E-state index is 0.165. The molecule has 0 aliphatic heterocycles. The molecule has 0 spiro atoms. The molecular weight excluding hydrogens is 661 g/mol. The van der Waals surface area contributed by atoms with E-state index in [2.05, 4.69) is 18.0 Å². The second kappa shape index (κ2) is 34.3. The van der Waals surface area contributed by atoms with Crippen molar-refractivity contribution in [2.75, 3.05) is 19.8 Å². The van der Waals surface area contributed by atoms with Crippen LogP contribution in [0.4, 0.5) is 0 Å². The third-order valence-corrected chi connectivity index (χ3v) is 9.61. The first-order chi connectivity index (χ1) is 24.1. The number of carboxylic acids is 1. The Kier molecular flexibility index (Phi) is 33.1. The summed E-state index contributed by atoms with van der Waals surface area (Å²) in [5.41, 5.74) is 5.31. The van der Waals surface area contributed by atoms with Gasteiger partial charge in [0.1, 0.15) is 12.6 Å². The number of esters is 2. The summed E-state index contributed by atoms with van der Waals surface area (Å²) in [5.74, 6) is -2.37. The highest BCUT2D eigenvalue weighted by Crippen LogP contribution is 2.43. The van der Waals surface area contributed by atoms with E-state index in [1.165, 1.54) is 103 Å². The molecular formula is C38H72NO10P. The number of carbonyl (C=O) groups excluding carboxylic acids is 2. The monoisotopic (exact) mass is 733 g/mol. The van der Waals surface area contributed by atoms with Crippen molar-refractivity contribution in [1.29, 1.82) is 0 Å². The maximum atomic E-state index is 12.5. The molecule has 294 valence electrons. The summed E-state index contributed by atoms with van der Waals surface area (Å²) in [6, 6.07) is -1.52. The Morgan fingerprint density at radius 3 is 1.48 bits per heavy atom. The first kappa shape index (κ1) is 48.2. The number of allylic oxidation sites excluding steroid dienone is 1. The van der Waals surface area contributed by atoms with E-state index in [-0.39, 0.29) is 19.4 Å². The van der Waals surface area contributed by atoms with Crippen LogP contribution in [0.5, 0.6) is 0 Å². The van der Waals surface area contributed by atoms with Crippen molar-refractivity contribution in [3.8, 4) is 0 Å². The van der Waals surface area contributed by atoms with Gasteiger partial charge in [0.25, 0.3) is 0 Å². The molecule has 0 fully saturated rings. The van der Waals surface area contributed by atoms with E-state index in [1.54, 1.807) is 0 Å². The van der Waals surface area contributed by atoms with Crippen LogP contribution in [0.15, 0.2) is 12.7 Å². The second-order valence-electron chi connectivity index (χ2n) is 13.5. The molecule has 1 unspecified atom stereocenters. The molecule has 0 radical (unpaired) electrons. The molecule has 0 heterocycles. The molecule has 0 rings (SSSR count). The number of hydrogen-bond donors (Lipinski definition) is 3. The molecule has 0 saturated carbocycles. The Morgan fingerprint density at radius 1 is 0.640 bits per heavy atom. The van der Waals surface area contributed by atoms with Gasteiger partial charge in [0.15, 0.2) is 6.10 Å². The fourth-order valence-corrected chi connectivity index (χ4v) is 6.29. The van der Waals surface area contributed by atoms with E-state index in [0.717, 1.165) is 44.9 Å². The lowest BCUT2D eigenvalue weighted by Gasteiger charge is -2.20. The smallest absolute Gasteiger partial charge is 0.472 e. The van der Waals surface area contributed by atoms with Crippen LogP contribution in [-0.4, -0.2) is 59.9 Å². The van der Waals surface area contributed by atoms with Crippen molar-refractivity contribution in [2.45, 2.75) is 192 Å². The van der Waals surface area contributed by atoms with Crippen molar-refractivity contribution >= 4 is 25.7 Å². The maximum absolute atomic E-state index is 12.5. The summed E-state index contributed by atoms with van der Waals surface area (Å²) in [7, 11) is -4.70. The molecule has 0 aliphatic rings. The molecule has 0 bridgehead atoms. The zero-order valence-corrected chi connectivity index (χ0v) is 32.2. The van der Waals surface area contributed by atoms with E-state index in [4.69, 9.17) is 24.8 Å². The molecule has 11 nitrogen and oxygen atoms in total. The molecule has 0 aromatic carbocycles. The predicted octanol–water partition coefficient (Wildman–Crippen LogP) is 9.73. The first-order valence-corrected chi connectivity index (χ1v) is 21.2. The summed E-state index contributed by atoms with van der Waals surface area (Å²) >= 11 is 0. The Labute approximate surface area is 303 Å². The lowest BCUT2D eigenvalue weighted by molar-refractivity contribution is -0.161. The minimum Gasteiger partial charge on any atom is -0.480 e. The molecule has 0 aromatic heterocycles. The number of nitrogens with two attached hydrogens (primary N) is 1. The van der Waals surface area contributed by atoms with Crippen LogP contribution in [-0.2, 0) is 37.5 Å². The minimum atomic E-state index is -4.70. The number of phosphoric acid groups is 1. The van der Waals surface area contributed by atoms with Gasteiger partial charge < -0.3 is 25.2 Å². The zero-order chi connectivity index (χ0) is 37.1. The van der Waals surface area contributed by atoms with Crippen molar-refractivity contribution in [1.82, 2.24) is 0 Å². The third kappa shape index (κ3) is 33.4. The first-order valence-electron chi connectivity index (χ1n) is 19.7. The van der Waals surface area contributed by atoms with Gasteiger partial charge in [0, 0.05) is 12.8 Å². The van der Waals surface area contributed by atoms with Gasteiger partial charge in [-0.1, -0.05) is 148 Å². The van der Waals surface area contributed by atoms with E-state index in [1.807, 2.05) is 6.08 Å². The van der Waals surface area contributed by atoms with Crippen molar-refractivity contribution in [2.24, 2.45) is 5.73 Å². The van der Waals surface area contributed by atoms with Crippen molar-refractivity contribution in [3.05, 3.63) is 12.7 Å². The van der Waals surface area contributed by atoms with Crippen LogP contribution in [0.2, 0.25) is 0 Å². The Hall–Kier alpha value is -1.78. The van der Waals surface area contributed by atoms with Crippen LogP contribution in [0.25, 0.3) is 0 Å². The van der Waals surface area contributed by atoms with Crippen LogP contribution in [0, 0.1) is 0 Å². The van der Waals surface area contributed by atoms with Crippen LogP contribution >= 0.6 is 7.82 Å². The third-order valence-electron chi connectivity index (χ3n) is 8.66. The maximum Gasteiger partial charge on any atom is 0.472 e. The lowest BCUT2D eigenvalue weighted by Crippen LogP contribution is -2.34. The quantitative estimate of drug-likeness (QED) is 0.0239. The number of carbonyl (C=O) groups is 3. The molecule has 0 saturated heterocycles. The number of hydrogen-bond acceptors (Lipinski definition) is 9. The zero-order valence-electron chi connectivity index (χ0n) is 31.3. The molecule has 0 aromatic rings. The van der Waals surface area contributed by atoms with Gasteiger partial charge in [-0.2, -0.15) is 0 Å². The van der Waals surface area contributed by atoms with E-state index >= 15 is 0 Å². The highest BCUT2D eigenvalue weighted by Gasteiger charge is 2.28. The second-order valence-corrected chi connectivity index (χ2v) is 15.0. The number of aliphatic carboxylic acids is 1. The average molecular weight is 734 g/mol. The Balaban J connectivity index is 4.36. The van der Waals surface area contributed by atoms with Crippen LogP contribution in [0.1, 0.15) is 180 Å². The summed E-state index contributed by atoms with van der Waals surface area (Å²) in [4.78, 5) is 45.7. The summed E-state index contributed by atoms with van der Waals surface area (Å²) in [6.07, 6.45) is 30.3. The van der Waals surface area contributed by atoms with E-state index < -0.39 is 51.1 Å². The van der Waals surface area contributed by atoms with E-state index in [0.29, 0.717) is 12.8 Å². The van der Waals surface area contributed by atoms with Crippen LogP contribution < -0.4 is 5.73 Å². The van der Waals surface area contributed by atoms with Gasteiger partial charge in [0.05, 0.1) is 13.2 Å². The van der Waals surface area contributed by atoms with Gasteiger partial charge in [-0.25, -0.2) is 4.57 Å². The molecule has 3 atom stereocenters. The highest BCUT2D eigenvalue weighted by atomic mass is 31.2. The standard InChI is InChI=1S/C38H72NO10P/c1-3-5-7-9-11-13-15-16-17-18-20-21-23-25-27-29-36(40)46-31-34(32-47-50(44,45)48-33-35(39)38(42)43)49-37(41)30-28-26-24-22-19-14-12-10-8-6-4-2/h3,34-35H,1,4-33,39H2,2H3,(H,42,43)(H,44,45)/t34-,35+/m1/s1. The van der Waals surface area contributed by atoms with Gasteiger partial charge in [0.2, 0.25) is 0 Å². The summed E-state index contributed by atoms with van der Waals surface area (Å²) < 4.78 is 32.6. The molecule has 50 heavy (non-hydrogen) atoms. The number of unbranched alkanes of at least 4 members (excludes halogenated alkanes) is 23. The molecule has 4 N–H and O–H groups in total.